The zero-order valence-electron chi connectivity index (χ0n) is 16.5. The molecule has 0 spiro atoms. The van der Waals surface area contributed by atoms with Crippen LogP contribution in [0.2, 0.25) is 0 Å². The van der Waals surface area contributed by atoms with Crippen molar-refractivity contribution in [1.82, 2.24) is 16.0 Å². The molecule has 0 bridgehead atoms. The van der Waals surface area contributed by atoms with Crippen LogP contribution in [0.5, 0.6) is 11.5 Å². The number of ether oxygens (including phenoxy) is 2. The predicted octanol–water partition coefficient (Wildman–Crippen LogP) is 2.35. The van der Waals surface area contributed by atoms with E-state index in [1.807, 2.05) is 25.1 Å². The maximum atomic E-state index is 13.6. The molecule has 1 heterocycles. The second-order valence-electron chi connectivity index (χ2n) is 6.53. The Morgan fingerprint density at radius 2 is 1.86 bits per heavy atom. The molecule has 0 radical (unpaired) electrons. The van der Waals surface area contributed by atoms with Crippen LogP contribution in [0.1, 0.15) is 28.4 Å². The Morgan fingerprint density at radius 3 is 2.66 bits per heavy atom. The molecule has 0 unspecified atom stereocenters. The highest BCUT2D eigenvalue weighted by Gasteiger charge is 2.13. The molecule has 0 atom stereocenters. The molecule has 2 aromatic carbocycles. The second-order valence-corrected chi connectivity index (χ2v) is 6.53. The number of carbonyl (C=O) groups excluding carboxylic acids is 1. The van der Waals surface area contributed by atoms with E-state index < -0.39 is 0 Å². The fourth-order valence-electron chi connectivity index (χ4n) is 2.74. The Kier molecular flexibility index (Phi) is 6.89. The third kappa shape index (κ3) is 5.60. The Bertz CT molecular complexity index is 901. The Morgan fingerprint density at radius 1 is 1.07 bits per heavy atom. The molecule has 7 nitrogen and oxygen atoms in total. The van der Waals surface area contributed by atoms with Gasteiger partial charge in [0, 0.05) is 25.2 Å². The Labute approximate surface area is 169 Å². The van der Waals surface area contributed by atoms with Gasteiger partial charge in [0.2, 0.25) is 6.79 Å². The molecule has 2 aromatic rings. The molecule has 3 rings (SSSR count). The van der Waals surface area contributed by atoms with Gasteiger partial charge in [-0.25, -0.2) is 9.38 Å². The number of benzene rings is 2. The van der Waals surface area contributed by atoms with Crippen molar-refractivity contribution < 1.29 is 18.7 Å². The third-order valence-electron chi connectivity index (χ3n) is 4.34. The summed E-state index contributed by atoms with van der Waals surface area (Å²) in [5, 5.41) is 9.09. The van der Waals surface area contributed by atoms with Crippen molar-refractivity contribution in [1.29, 1.82) is 0 Å². The van der Waals surface area contributed by atoms with E-state index in [4.69, 9.17) is 9.47 Å². The predicted molar refractivity (Wildman–Crippen MR) is 109 cm³/mol. The van der Waals surface area contributed by atoms with E-state index in [0.29, 0.717) is 43.3 Å². The lowest BCUT2D eigenvalue weighted by atomic mass is 10.1. The lowest BCUT2D eigenvalue weighted by Gasteiger charge is -2.12. The SMILES string of the molecule is CCNC(=NCc1ccc2c(c1)OCO2)NCCNC(=O)c1ccc(C)c(F)c1. The normalized spacial score (nSPS) is 12.6. The maximum Gasteiger partial charge on any atom is 0.251 e. The standard InChI is InChI=1S/C21H25FN4O3/c1-3-23-21(26-12-15-5-7-18-19(10-15)29-13-28-18)25-9-8-24-20(27)16-6-4-14(2)17(22)11-16/h4-7,10-11H,3,8-9,12-13H2,1-2H3,(H,24,27)(H2,23,25,26). The van der Waals surface area contributed by atoms with Crippen molar-refractivity contribution in [3.8, 4) is 11.5 Å². The highest BCUT2D eigenvalue weighted by molar-refractivity contribution is 5.94. The van der Waals surface area contributed by atoms with Crippen molar-refractivity contribution >= 4 is 11.9 Å². The fourth-order valence-corrected chi connectivity index (χ4v) is 2.74. The summed E-state index contributed by atoms with van der Waals surface area (Å²) in [6.45, 7) is 5.92. The number of nitrogens with one attached hydrogen (secondary N) is 3. The van der Waals surface area contributed by atoms with Crippen LogP contribution in [0, 0.1) is 12.7 Å². The van der Waals surface area contributed by atoms with Gasteiger partial charge < -0.3 is 25.4 Å². The number of guanidine groups is 1. The molecule has 0 aromatic heterocycles. The van der Waals surface area contributed by atoms with Gasteiger partial charge in [0.1, 0.15) is 5.82 Å². The topological polar surface area (TPSA) is 84.0 Å². The minimum absolute atomic E-state index is 0.243. The van der Waals surface area contributed by atoms with Crippen molar-refractivity contribution in [3.05, 3.63) is 58.9 Å². The van der Waals surface area contributed by atoms with Crippen LogP contribution in [-0.2, 0) is 6.54 Å². The van der Waals surface area contributed by atoms with Crippen LogP contribution in [0.15, 0.2) is 41.4 Å². The quantitative estimate of drug-likeness (QED) is 0.378. The number of hydrogen-bond acceptors (Lipinski definition) is 4. The van der Waals surface area contributed by atoms with Gasteiger partial charge in [-0.1, -0.05) is 12.1 Å². The summed E-state index contributed by atoms with van der Waals surface area (Å²) in [5.74, 6) is 1.41. The summed E-state index contributed by atoms with van der Waals surface area (Å²) < 4.78 is 24.3. The summed E-state index contributed by atoms with van der Waals surface area (Å²) in [5.41, 5.74) is 1.81. The number of halogens is 1. The number of rotatable bonds is 7. The van der Waals surface area contributed by atoms with Crippen molar-refractivity contribution in [2.75, 3.05) is 26.4 Å². The van der Waals surface area contributed by atoms with Crippen molar-refractivity contribution in [2.45, 2.75) is 20.4 Å². The van der Waals surface area contributed by atoms with E-state index in [2.05, 4.69) is 20.9 Å². The van der Waals surface area contributed by atoms with Gasteiger partial charge in [0.05, 0.1) is 6.54 Å². The maximum absolute atomic E-state index is 13.6. The van der Waals surface area contributed by atoms with Crippen molar-refractivity contribution in [2.24, 2.45) is 4.99 Å². The molecule has 0 aliphatic carbocycles. The third-order valence-corrected chi connectivity index (χ3v) is 4.34. The lowest BCUT2D eigenvalue weighted by Crippen LogP contribution is -2.41. The smallest absolute Gasteiger partial charge is 0.251 e. The summed E-state index contributed by atoms with van der Waals surface area (Å²) in [7, 11) is 0. The molecule has 0 fully saturated rings. The molecule has 29 heavy (non-hydrogen) atoms. The second kappa shape index (κ2) is 9.77. The van der Waals surface area contributed by atoms with Gasteiger partial charge in [-0.15, -0.1) is 0 Å². The molecule has 0 saturated heterocycles. The molecule has 3 N–H and O–H groups in total. The summed E-state index contributed by atoms with van der Waals surface area (Å²) >= 11 is 0. The fraction of sp³-hybridized carbons (Fsp3) is 0.333. The number of aliphatic imine (C=N–C) groups is 1. The lowest BCUT2D eigenvalue weighted by molar-refractivity contribution is 0.0954. The first-order valence-corrected chi connectivity index (χ1v) is 9.52. The first kappa shape index (κ1) is 20.4. The molecule has 0 saturated carbocycles. The van der Waals surface area contributed by atoms with E-state index in [1.54, 1.807) is 19.1 Å². The average molecular weight is 400 g/mol. The van der Waals surface area contributed by atoms with Gasteiger partial charge in [-0.2, -0.15) is 0 Å². The van der Waals surface area contributed by atoms with E-state index >= 15 is 0 Å². The van der Waals surface area contributed by atoms with Crippen LogP contribution in [0.4, 0.5) is 4.39 Å². The number of aryl methyl sites for hydroxylation is 1. The highest BCUT2D eigenvalue weighted by atomic mass is 19.1. The van der Waals surface area contributed by atoms with Gasteiger partial charge >= 0.3 is 0 Å². The number of carbonyl (C=O) groups is 1. The van der Waals surface area contributed by atoms with Crippen LogP contribution in [-0.4, -0.2) is 38.3 Å². The zero-order valence-corrected chi connectivity index (χ0v) is 16.5. The average Bonchev–Trinajstić information content (AvgIpc) is 3.19. The first-order chi connectivity index (χ1) is 14.1. The molecular formula is C21H25FN4O3. The minimum atomic E-state index is -0.388. The highest BCUT2D eigenvalue weighted by Crippen LogP contribution is 2.32. The molecular weight excluding hydrogens is 375 g/mol. The van der Waals surface area contributed by atoms with E-state index in [-0.39, 0.29) is 18.5 Å². The van der Waals surface area contributed by atoms with Crippen LogP contribution in [0.25, 0.3) is 0 Å². The zero-order chi connectivity index (χ0) is 20.6. The van der Waals surface area contributed by atoms with Gasteiger partial charge in [-0.05, 0) is 49.2 Å². The molecule has 1 aliphatic heterocycles. The van der Waals surface area contributed by atoms with E-state index in [1.165, 1.54) is 6.07 Å². The van der Waals surface area contributed by atoms with Gasteiger partial charge in [-0.3, -0.25) is 4.79 Å². The Balaban J connectivity index is 1.48. The molecule has 154 valence electrons. The number of fused-ring (bicyclic) bond motifs is 1. The minimum Gasteiger partial charge on any atom is -0.454 e. The van der Waals surface area contributed by atoms with Crippen LogP contribution >= 0.6 is 0 Å². The molecule has 1 aliphatic rings. The van der Waals surface area contributed by atoms with Gasteiger partial charge in [0.15, 0.2) is 17.5 Å². The summed E-state index contributed by atoms with van der Waals surface area (Å²) in [4.78, 5) is 16.6. The Hall–Kier alpha value is -3.29. The van der Waals surface area contributed by atoms with E-state index in [0.717, 1.165) is 17.1 Å². The van der Waals surface area contributed by atoms with E-state index in [9.17, 15) is 9.18 Å². The number of hydrogen-bond donors (Lipinski definition) is 3. The van der Waals surface area contributed by atoms with Crippen LogP contribution < -0.4 is 25.4 Å². The number of nitrogens with zero attached hydrogens (tertiary/aromatic N) is 1. The largest absolute Gasteiger partial charge is 0.454 e. The van der Waals surface area contributed by atoms with Crippen molar-refractivity contribution in [3.63, 3.8) is 0 Å². The monoisotopic (exact) mass is 400 g/mol. The summed E-state index contributed by atoms with van der Waals surface area (Å²) in [6, 6.07) is 10.2. The summed E-state index contributed by atoms with van der Waals surface area (Å²) in [6.07, 6.45) is 0. The number of amides is 1. The molecule has 1 amide bonds. The van der Waals surface area contributed by atoms with Crippen LogP contribution in [0.3, 0.4) is 0 Å². The first-order valence-electron chi connectivity index (χ1n) is 9.52. The molecule has 8 heteroatoms. The van der Waals surface area contributed by atoms with Gasteiger partial charge in [0.25, 0.3) is 5.91 Å².